The Kier molecular flexibility index (Phi) is 4.85. The van der Waals surface area contributed by atoms with Crippen molar-refractivity contribution in [2.24, 2.45) is 0 Å². The van der Waals surface area contributed by atoms with Gasteiger partial charge >= 0.3 is 0 Å². The first-order valence-electron chi connectivity index (χ1n) is 7.68. The molecule has 8 heteroatoms. The van der Waals surface area contributed by atoms with E-state index in [9.17, 15) is 13.2 Å². The Labute approximate surface area is 145 Å². The average Bonchev–Trinajstić information content (AvgIpc) is 3.04. The third-order valence-corrected chi connectivity index (χ3v) is 6.19. The molecular formula is C16H19ClN2O4S. The number of hydrogen-bond acceptors (Lipinski definition) is 4. The lowest BCUT2D eigenvalue weighted by Crippen LogP contribution is -2.35. The van der Waals surface area contributed by atoms with Crippen LogP contribution < -0.4 is 5.32 Å². The van der Waals surface area contributed by atoms with Gasteiger partial charge in [0.05, 0.1) is 23.7 Å². The molecular weight excluding hydrogens is 352 g/mol. The van der Waals surface area contributed by atoms with Crippen molar-refractivity contribution in [2.45, 2.75) is 19.0 Å². The maximum atomic E-state index is 12.6. The van der Waals surface area contributed by atoms with E-state index in [1.54, 1.807) is 25.4 Å². The molecule has 1 saturated heterocycles. The maximum Gasteiger partial charge on any atom is 0.253 e. The summed E-state index contributed by atoms with van der Waals surface area (Å²) in [6.45, 7) is 1.13. The summed E-state index contributed by atoms with van der Waals surface area (Å²) in [5.74, 6) is -0.151. The van der Waals surface area contributed by atoms with E-state index in [1.807, 2.05) is 10.6 Å². The Morgan fingerprint density at radius 2 is 2.25 bits per heavy atom. The Balaban J connectivity index is 1.90. The van der Waals surface area contributed by atoms with Gasteiger partial charge in [-0.15, -0.1) is 0 Å². The predicted molar refractivity (Wildman–Crippen MR) is 93.3 cm³/mol. The molecule has 0 saturated carbocycles. The van der Waals surface area contributed by atoms with Crippen molar-refractivity contribution in [3.05, 3.63) is 35.0 Å². The van der Waals surface area contributed by atoms with Crippen LogP contribution in [0.1, 0.15) is 16.8 Å². The van der Waals surface area contributed by atoms with Crippen LogP contribution in [0.5, 0.6) is 0 Å². The van der Waals surface area contributed by atoms with E-state index in [2.05, 4.69) is 5.32 Å². The summed E-state index contributed by atoms with van der Waals surface area (Å²) in [6, 6.07) is 5.06. The number of halogens is 1. The predicted octanol–water partition coefficient (Wildman–Crippen LogP) is 1.86. The molecule has 2 aromatic rings. The van der Waals surface area contributed by atoms with E-state index in [1.165, 1.54) is 0 Å². The molecule has 1 aromatic heterocycles. The third kappa shape index (κ3) is 3.58. The first-order chi connectivity index (χ1) is 11.4. The Bertz CT molecular complexity index is 876. The molecule has 0 spiro atoms. The number of carbonyl (C=O) groups excluding carboxylic acids is 1. The van der Waals surface area contributed by atoms with Crippen molar-refractivity contribution < 1.29 is 17.9 Å². The second-order valence-corrected chi connectivity index (χ2v) is 8.63. The second-order valence-electron chi connectivity index (χ2n) is 5.96. The van der Waals surface area contributed by atoms with Crippen LogP contribution in [0.4, 0.5) is 0 Å². The highest BCUT2D eigenvalue weighted by Gasteiger charge is 2.29. The van der Waals surface area contributed by atoms with Crippen LogP contribution in [-0.2, 0) is 21.1 Å². The van der Waals surface area contributed by atoms with Crippen LogP contribution in [0, 0.1) is 0 Å². The normalized spacial score (nSPS) is 19.7. The summed E-state index contributed by atoms with van der Waals surface area (Å²) in [5.41, 5.74) is 1.38. The van der Waals surface area contributed by atoms with Gasteiger partial charge in [-0.1, -0.05) is 11.6 Å². The van der Waals surface area contributed by atoms with Crippen molar-refractivity contribution >= 4 is 38.2 Å². The zero-order valence-electron chi connectivity index (χ0n) is 13.3. The number of nitrogens with one attached hydrogen (secondary N) is 1. The number of ether oxygens (including phenoxy) is 1. The number of fused-ring (bicyclic) bond motifs is 1. The van der Waals surface area contributed by atoms with Gasteiger partial charge in [0.1, 0.15) is 0 Å². The minimum absolute atomic E-state index is 0.00180. The fraction of sp³-hybridized carbons (Fsp3) is 0.438. The van der Waals surface area contributed by atoms with Crippen LogP contribution in [-0.4, -0.2) is 50.2 Å². The molecule has 1 aromatic carbocycles. The van der Waals surface area contributed by atoms with E-state index in [-0.39, 0.29) is 23.5 Å². The second kappa shape index (κ2) is 6.74. The number of amides is 1. The van der Waals surface area contributed by atoms with E-state index < -0.39 is 9.84 Å². The van der Waals surface area contributed by atoms with Crippen LogP contribution in [0.3, 0.4) is 0 Å². The monoisotopic (exact) mass is 370 g/mol. The SMILES string of the molecule is COCCn1cc(C(=O)NC2CCS(=O)(=O)C2)c2cc(Cl)ccc21. The zero-order valence-corrected chi connectivity index (χ0v) is 14.9. The molecule has 0 bridgehead atoms. The minimum Gasteiger partial charge on any atom is -0.383 e. The highest BCUT2D eigenvalue weighted by atomic mass is 35.5. The zero-order chi connectivity index (χ0) is 17.3. The molecule has 1 aliphatic heterocycles. The number of sulfone groups is 1. The number of hydrogen-bond donors (Lipinski definition) is 1. The summed E-state index contributed by atoms with van der Waals surface area (Å²) < 4.78 is 30.1. The van der Waals surface area contributed by atoms with Gasteiger partial charge in [0.2, 0.25) is 0 Å². The van der Waals surface area contributed by atoms with Gasteiger partial charge in [-0.3, -0.25) is 4.79 Å². The Morgan fingerprint density at radius 3 is 2.92 bits per heavy atom. The van der Waals surface area contributed by atoms with Crippen molar-refractivity contribution in [1.29, 1.82) is 0 Å². The van der Waals surface area contributed by atoms with Gasteiger partial charge in [0.15, 0.2) is 9.84 Å². The van der Waals surface area contributed by atoms with Gasteiger partial charge in [0.25, 0.3) is 5.91 Å². The highest BCUT2D eigenvalue weighted by molar-refractivity contribution is 7.91. The number of nitrogens with zero attached hydrogens (tertiary/aromatic N) is 1. The lowest BCUT2D eigenvalue weighted by atomic mass is 10.1. The van der Waals surface area contributed by atoms with E-state index in [4.69, 9.17) is 16.3 Å². The van der Waals surface area contributed by atoms with Crippen molar-refractivity contribution in [3.8, 4) is 0 Å². The summed E-state index contributed by atoms with van der Waals surface area (Å²) in [5, 5.41) is 4.12. The third-order valence-electron chi connectivity index (χ3n) is 4.19. The molecule has 1 atom stereocenters. The first kappa shape index (κ1) is 17.3. The summed E-state index contributed by atoms with van der Waals surface area (Å²) in [4.78, 5) is 12.6. The number of rotatable bonds is 5. The molecule has 1 fully saturated rings. The van der Waals surface area contributed by atoms with Crippen LogP contribution >= 0.6 is 11.6 Å². The van der Waals surface area contributed by atoms with Crippen LogP contribution in [0.15, 0.2) is 24.4 Å². The number of benzene rings is 1. The molecule has 1 N–H and O–H groups in total. The van der Waals surface area contributed by atoms with Gasteiger partial charge in [-0.05, 0) is 24.6 Å². The van der Waals surface area contributed by atoms with E-state index in [0.717, 1.165) is 10.9 Å². The van der Waals surface area contributed by atoms with Gasteiger partial charge in [-0.2, -0.15) is 0 Å². The first-order valence-corrected chi connectivity index (χ1v) is 9.88. The van der Waals surface area contributed by atoms with E-state index >= 15 is 0 Å². The number of carbonyl (C=O) groups is 1. The fourth-order valence-corrected chi connectivity index (χ4v) is 4.84. The molecule has 1 unspecified atom stereocenters. The molecule has 0 aliphatic carbocycles. The lowest BCUT2D eigenvalue weighted by molar-refractivity contribution is 0.0942. The molecule has 130 valence electrons. The van der Waals surface area contributed by atoms with E-state index in [0.29, 0.717) is 30.2 Å². The van der Waals surface area contributed by atoms with Crippen molar-refractivity contribution in [3.63, 3.8) is 0 Å². The standard InChI is InChI=1S/C16H19ClN2O4S/c1-23-6-5-19-9-14(13-8-11(17)2-3-15(13)19)16(20)18-12-4-7-24(21,22)10-12/h2-3,8-9,12H,4-7,10H2,1H3,(H,18,20). The fourth-order valence-electron chi connectivity index (χ4n) is 3.00. The summed E-state index contributed by atoms with van der Waals surface area (Å²) in [6.07, 6.45) is 2.22. The summed E-state index contributed by atoms with van der Waals surface area (Å²) >= 11 is 6.07. The summed E-state index contributed by atoms with van der Waals surface area (Å²) in [7, 11) is -1.42. The maximum absolute atomic E-state index is 12.6. The molecule has 3 rings (SSSR count). The van der Waals surface area contributed by atoms with Crippen LogP contribution in [0.2, 0.25) is 5.02 Å². The molecule has 0 radical (unpaired) electrons. The van der Waals surface area contributed by atoms with Crippen molar-refractivity contribution in [1.82, 2.24) is 9.88 Å². The topological polar surface area (TPSA) is 77.4 Å². The van der Waals surface area contributed by atoms with Gasteiger partial charge in [0, 0.05) is 41.8 Å². The Morgan fingerprint density at radius 1 is 1.46 bits per heavy atom. The lowest BCUT2D eigenvalue weighted by Gasteiger charge is -2.10. The quantitative estimate of drug-likeness (QED) is 0.871. The van der Waals surface area contributed by atoms with Crippen molar-refractivity contribution in [2.75, 3.05) is 25.2 Å². The average molecular weight is 371 g/mol. The molecule has 6 nitrogen and oxygen atoms in total. The number of methoxy groups -OCH3 is 1. The number of aromatic nitrogens is 1. The van der Waals surface area contributed by atoms with Gasteiger partial charge < -0.3 is 14.6 Å². The van der Waals surface area contributed by atoms with Gasteiger partial charge in [-0.25, -0.2) is 8.42 Å². The Hall–Kier alpha value is -1.57. The smallest absolute Gasteiger partial charge is 0.253 e. The molecule has 1 amide bonds. The molecule has 1 aliphatic rings. The molecule has 24 heavy (non-hydrogen) atoms. The minimum atomic E-state index is -3.04. The largest absolute Gasteiger partial charge is 0.383 e. The molecule has 2 heterocycles. The highest BCUT2D eigenvalue weighted by Crippen LogP contribution is 2.25. The van der Waals surface area contributed by atoms with Crippen LogP contribution in [0.25, 0.3) is 10.9 Å².